The van der Waals surface area contributed by atoms with Crippen LogP contribution < -0.4 is 0 Å². The zero-order valence-corrected chi connectivity index (χ0v) is 15.1. The van der Waals surface area contributed by atoms with E-state index in [1.165, 1.54) is 36.4 Å². The van der Waals surface area contributed by atoms with E-state index < -0.39 is 23.5 Å². The molecular weight excluding hydrogens is 388 g/mol. The van der Waals surface area contributed by atoms with Crippen molar-refractivity contribution in [1.29, 1.82) is 0 Å². The highest BCUT2D eigenvalue weighted by Crippen LogP contribution is 2.32. The largest absolute Gasteiger partial charge is 0.416 e. The lowest BCUT2D eigenvalue weighted by atomic mass is 10.1. The first-order valence-electron chi connectivity index (χ1n) is 9.01. The SMILES string of the molecule is O=C(c1cc(-c2cccc(F)c2)no1)N(Cc1ccc(C(F)(F)F)cc1)C1CC1. The van der Waals surface area contributed by atoms with Gasteiger partial charge in [0.1, 0.15) is 11.5 Å². The summed E-state index contributed by atoms with van der Waals surface area (Å²) < 4.78 is 56.8. The number of amides is 1. The van der Waals surface area contributed by atoms with Gasteiger partial charge in [0.05, 0.1) is 5.56 Å². The Hall–Kier alpha value is -3.16. The van der Waals surface area contributed by atoms with E-state index in [-0.39, 0.29) is 18.3 Å². The van der Waals surface area contributed by atoms with E-state index in [9.17, 15) is 22.4 Å². The average molecular weight is 404 g/mol. The van der Waals surface area contributed by atoms with Gasteiger partial charge in [-0.3, -0.25) is 4.79 Å². The van der Waals surface area contributed by atoms with Crippen molar-refractivity contribution in [1.82, 2.24) is 10.1 Å². The van der Waals surface area contributed by atoms with Gasteiger partial charge in [0.25, 0.3) is 5.91 Å². The second-order valence-electron chi connectivity index (χ2n) is 6.95. The minimum atomic E-state index is -4.41. The zero-order valence-electron chi connectivity index (χ0n) is 15.1. The number of nitrogens with zero attached hydrogens (tertiary/aromatic N) is 2. The molecule has 1 fully saturated rings. The van der Waals surface area contributed by atoms with Crippen molar-refractivity contribution < 1.29 is 26.9 Å². The number of halogens is 4. The molecule has 1 aliphatic carbocycles. The molecule has 150 valence electrons. The molecule has 8 heteroatoms. The molecule has 0 bridgehead atoms. The third-order valence-electron chi connectivity index (χ3n) is 4.72. The van der Waals surface area contributed by atoms with Gasteiger partial charge in [0, 0.05) is 24.2 Å². The molecule has 1 aromatic heterocycles. The fraction of sp³-hybridized carbons (Fsp3) is 0.238. The maximum Gasteiger partial charge on any atom is 0.416 e. The summed E-state index contributed by atoms with van der Waals surface area (Å²) >= 11 is 0. The second kappa shape index (κ2) is 7.35. The topological polar surface area (TPSA) is 46.3 Å². The van der Waals surface area contributed by atoms with Crippen molar-refractivity contribution in [3.63, 3.8) is 0 Å². The van der Waals surface area contributed by atoms with Crippen LogP contribution in [0.3, 0.4) is 0 Å². The molecule has 1 amide bonds. The van der Waals surface area contributed by atoms with Gasteiger partial charge >= 0.3 is 6.18 Å². The molecule has 1 heterocycles. The van der Waals surface area contributed by atoms with Crippen molar-refractivity contribution in [3.05, 3.63) is 77.3 Å². The predicted octanol–water partition coefficient (Wildman–Crippen LogP) is 5.30. The Morgan fingerprint density at radius 1 is 1.10 bits per heavy atom. The second-order valence-corrected chi connectivity index (χ2v) is 6.95. The maximum absolute atomic E-state index is 13.4. The molecule has 0 radical (unpaired) electrons. The summed E-state index contributed by atoms with van der Waals surface area (Å²) in [5.74, 6) is -0.828. The van der Waals surface area contributed by atoms with Crippen LogP contribution in [0.25, 0.3) is 11.3 Å². The number of aromatic nitrogens is 1. The van der Waals surface area contributed by atoms with E-state index in [0.29, 0.717) is 16.8 Å². The number of carbonyl (C=O) groups excluding carboxylic acids is 1. The van der Waals surface area contributed by atoms with E-state index in [1.54, 1.807) is 11.0 Å². The van der Waals surface area contributed by atoms with E-state index in [1.807, 2.05) is 0 Å². The lowest BCUT2D eigenvalue weighted by Crippen LogP contribution is -2.32. The molecule has 3 aromatic rings. The van der Waals surface area contributed by atoms with Crippen LogP contribution >= 0.6 is 0 Å². The van der Waals surface area contributed by atoms with E-state index in [0.717, 1.165) is 25.0 Å². The molecule has 0 saturated heterocycles. The van der Waals surface area contributed by atoms with Crippen LogP contribution in [0.4, 0.5) is 17.6 Å². The molecule has 1 aliphatic rings. The van der Waals surface area contributed by atoms with Crippen molar-refractivity contribution in [2.45, 2.75) is 31.6 Å². The summed E-state index contributed by atoms with van der Waals surface area (Å²) in [6, 6.07) is 11.9. The lowest BCUT2D eigenvalue weighted by Gasteiger charge is -2.21. The van der Waals surface area contributed by atoms with Crippen molar-refractivity contribution in [3.8, 4) is 11.3 Å². The molecular formula is C21H16F4N2O2. The summed E-state index contributed by atoms with van der Waals surface area (Å²) in [5.41, 5.74) is 0.662. The number of hydrogen-bond acceptors (Lipinski definition) is 3. The van der Waals surface area contributed by atoms with Crippen LogP contribution in [0.2, 0.25) is 0 Å². The standard InChI is InChI=1S/C21H16F4N2O2/c22-16-3-1-2-14(10-16)18-11-19(29-26-18)20(28)27(17-8-9-17)12-13-4-6-15(7-5-13)21(23,24)25/h1-7,10-11,17H,8-9,12H2. The molecule has 4 nitrogen and oxygen atoms in total. The predicted molar refractivity (Wildman–Crippen MR) is 96.2 cm³/mol. The number of hydrogen-bond donors (Lipinski definition) is 0. The fourth-order valence-electron chi connectivity index (χ4n) is 3.05. The van der Waals surface area contributed by atoms with Gasteiger partial charge < -0.3 is 9.42 Å². The first-order chi connectivity index (χ1) is 13.8. The lowest BCUT2D eigenvalue weighted by molar-refractivity contribution is -0.137. The minimum Gasteiger partial charge on any atom is -0.350 e. The summed E-state index contributed by atoms with van der Waals surface area (Å²) in [6.07, 6.45) is -2.77. The van der Waals surface area contributed by atoms with Gasteiger partial charge in [-0.2, -0.15) is 13.2 Å². The molecule has 4 rings (SSSR count). The van der Waals surface area contributed by atoms with Gasteiger partial charge in [0.15, 0.2) is 0 Å². The Morgan fingerprint density at radius 2 is 1.83 bits per heavy atom. The number of carbonyl (C=O) groups is 1. The van der Waals surface area contributed by atoms with Crippen molar-refractivity contribution in [2.24, 2.45) is 0 Å². The van der Waals surface area contributed by atoms with Gasteiger partial charge in [-0.25, -0.2) is 4.39 Å². The number of alkyl halides is 3. The Labute approximate surface area is 163 Å². The highest BCUT2D eigenvalue weighted by molar-refractivity contribution is 5.92. The van der Waals surface area contributed by atoms with Gasteiger partial charge in [-0.15, -0.1) is 0 Å². The van der Waals surface area contributed by atoms with E-state index in [4.69, 9.17) is 4.52 Å². The summed E-state index contributed by atoms with van der Waals surface area (Å²) in [7, 11) is 0. The molecule has 0 N–H and O–H groups in total. The summed E-state index contributed by atoms with van der Waals surface area (Å²) in [4.78, 5) is 14.5. The monoisotopic (exact) mass is 404 g/mol. The van der Waals surface area contributed by atoms with Gasteiger partial charge in [-0.05, 0) is 42.7 Å². The molecule has 29 heavy (non-hydrogen) atoms. The molecule has 0 spiro atoms. The molecule has 2 aromatic carbocycles. The molecule has 0 aliphatic heterocycles. The van der Waals surface area contributed by atoms with Crippen molar-refractivity contribution in [2.75, 3.05) is 0 Å². The van der Waals surface area contributed by atoms with E-state index in [2.05, 4.69) is 5.16 Å². The van der Waals surface area contributed by atoms with Gasteiger partial charge in [-0.1, -0.05) is 29.4 Å². The van der Waals surface area contributed by atoms with Crippen LogP contribution in [0.1, 0.15) is 34.5 Å². The number of benzene rings is 2. The molecule has 1 saturated carbocycles. The van der Waals surface area contributed by atoms with Crippen LogP contribution in [0, 0.1) is 5.82 Å². The summed E-state index contributed by atoms with van der Waals surface area (Å²) in [5, 5.41) is 3.84. The normalized spacial score (nSPS) is 14.1. The Balaban J connectivity index is 1.53. The maximum atomic E-state index is 13.4. The highest BCUT2D eigenvalue weighted by atomic mass is 19.4. The Bertz CT molecular complexity index is 1020. The highest BCUT2D eigenvalue weighted by Gasteiger charge is 2.35. The van der Waals surface area contributed by atoms with E-state index >= 15 is 0 Å². The van der Waals surface area contributed by atoms with Crippen LogP contribution in [0.5, 0.6) is 0 Å². The fourth-order valence-corrected chi connectivity index (χ4v) is 3.05. The third kappa shape index (κ3) is 4.31. The Morgan fingerprint density at radius 3 is 2.45 bits per heavy atom. The quantitative estimate of drug-likeness (QED) is 0.542. The Kier molecular flexibility index (Phi) is 4.86. The van der Waals surface area contributed by atoms with Crippen LogP contribution in [0.15, 0.2) is 59.1 Å². The molecule has 0 unspecified atom stereocenters. The first-order valence-corrected chi connectivity index (χ1v) is 9.01. The molecule has 0 atom stereocenters. The van der Waals surface area contributed by atoms with Crippen LogP contribution in [-0.4, -0.2) is 22.0 Å². The first kappa shape index (κ1) is 19.2. The number of rotatable bonds is 5. The zero-order chi connectivity index (χ0) is 20.6. The van der Waals surface area contributed by atoms with Gasteiger partial charge in [0.2, 0.25) is 5.76 Å². The smallest absolute Gasteiger partial charge is 0.350 e. The average Bonchev–Trinajstić information content (AvgIpc) is 3.40. The van der Waals surface area contributed by atoms with Crippen molar-refractivity contribution >= 4 is 5.91 Å². The third-order valence-corrected chi connectivity index (χ3v) is 4.72. The van der Waals surface area contributed by atoms with Crippen LogP contribution in [-0.2, 0) is 12.7 Å². The minimum absolute atomic E-state index is 0.00285. The summed E-state index contributed by atoms with van der Waals surface area (Å²) in [6.45, 7) is 0.164.